The molecule has 0 atom stereocenters. The zero-order valence-corrected chi connectivity index (χ0v) is 19.2. The van der Waals surface area contributed by atoms with Gasteiger partial charge in [-0.25, -0.2) is 9.97 Å². The van der Waals surface area contributed by atoms with Crippen LogP contribution in [-0.2, 0) is 10.1 Å². The summed E-state index contributed by atoms with van der Waals surface area (Å²) in [6.07, 6.45) is 6.03. The third kappa shape index (κ3) is 5.18. The molecule has 3 N–H and O–H groups in total. The van der Waals surface area contributed by atoms with Crippen LogP contribution in [0.25, 0.3) is 22.4 Å². The van der Waals surface area contributed by atoms with Crippen LogP contribution in [0.1, 0.15) is 15.9 Å². The topological polar surface area (TPSA) is 137 Å². The van der Waals surface area contributed by atoms with Gasteiger partial charge in [0, 0.05) is 41.0 Å². The summed E-state index contributed by atoms with van der Waals surface area (Å²) in [4.78, 5) is 24.7. The molecule has 0 unspecified atom stereocenters. The molecule has 0 spiro atoms. The Bertz CT molecular complexity index is 1460. The highest BCUT2D eigenvalue weighted by Crippen LogP contribution is 2.36. The van der Waals surface area contributed by atoms with Gasteiger partial charge in [-0.1, -0.05) is 12.1 Å². The molecule has 2 aromatic heterocycles. The highest BCUT2D eigenvalue weighted by molar-refractivity contribution is 7.86. The smallest absolute Gasteiger partial charge is 0.306 e. The normalized spacial score (nSPS) is 11.1. The molecule has 0 saturated carbocycles. The molecule has 0 radical (unpaired) electrons. The van der Waals surface area contributed by atoms with Crippen molar-refractivity contribution in [3.8, 4) is 28.1 Å². The van der Waals surface area contributed by atoms with Crippen LogP contribution in [0.4, 0.5) is 11.6 Å². The van der Waals surface area contributed by atoms with E-state index in [1.807, 2.05) is 12.1 Å². The molecule has 1 amide bonds. The lowest BCUT2D eigenvalue weighted by molar-refractivity contribution is 0.0999. The first kappa shape index (κ1) is 22.9. The fourth-order valence-corrected chi connectivity index (χ4v) is 3.95. The Morgan fingerprint density at radius 3 is 2.41 bits per heavy atom. The number of rotatable bonds is 7. The lowest BCUT2D eigenvalue weighted by atomic mass is 9.95. The van der Waals surface area contributed by atoms with Crippen LogP contribution in [0.2, 0.25) is 0 Å². The van der Waals surface area contributed by atoms with Crippen LogP contribution in [0.5, 0.6) is 5.75 Å². The predicted molar refractivity (Wildman–Crippen MR) is 129 cm³/mol. The summed E-state index contributed by atoms with van der Waals surface area (Å²) in [6.45, 7) is 1.69. The second kappa shape index (κ2) is 9.28. The Morgan fingerprint density at radius 2 is 1.76 bits per heavy atom. The van der Waals surface area contributed by atoms with Crippen LogP contribution < -0.4 is 15.2 Å². The summed E-state index contributed by atoms with van der Waals surface area (Å²) in [5.74, 6) is -0.103. The maximum atomic E-state index is 11.8. The number of nitrogens with one attached hydrogen (secondary N) is 1. The summed E-state index contributed by atoms with van der Waals surface area (Å²) in [5, 5.41) is 3.15. The van der Waals surface area contributed by atoms with Gasteiger partial charge in [-0.2, -0.15) is 8.42 Å². The van der Waals surface area contributed by atoms with Gasteiger partial charge in [0.2, 0.25) is 11.9 Å². The van der Waals surface area contributed by atoms with E-state index in [9.17, 15) is 13.2 Å². The van der Waals surface area contributed by atoms with Crippen molar-refractivity contribution in [3.05, 3.63) is 84.3 Å². The first-order chi connectivity index (χ1) is 16.2. The van der Waals surface area contributed by atoms with E-state index in [1.165, 1.54) is 12.1 Å². The number of benzene rings is 2. The molecule has 0 saturated heterocycles. The molecule has 2 heterocycles. The minimum atomic E-state index is -3.78. The number of anilines is 2. The summed E-state index contributed by atoms with van der Waals surface area (Å²) >= 11 is 0. The van der Waals surface area contributed by atoms with Gasteiger partial charge < -0.3 is 15.2 Å². The predicted octanol–water partition coefficient (Wildman–Crippen LogP) is 3.69. The number of nitrogens with two attached hydrogens (primary N) is 1. The number of pyridine rings is 1. The SMILES string of the molecule is Cc1c(C(N)=O)ccc(OS(C)(=O)=O)c1-c1ccc(Nc2nccc(-c3cccnc3)n2)cc1. The second-order valence-corrected chi connectivity index (χ2v) is 9.05. The average Bonchev–Trinajstić information content (AvgIpc) is 2.80. The maximum absolute atomic E-state index is 11.8. The standard InChI is InChI=1S/C24H21N5O4S/c1-15-19(23(25)30)9-10-21(33-34(2,31)32)22(15)16-5-7-18(8-6-16)28-24-27-13-11-20(29-24)17-4-3-12-26-14-17/h3-14H,1-2H3,(H2,25,30)(H,27,28,29). The molecule has 4 rings (SSSR count). The van der Waals surface area contributed by atoms with Gasteiger partial charge in [-0.3, -0.25) is 9.78 Å². The number of aromatic nitrogens is 3. The van der Waals surface area contributed by atoms with Crippen LogP contribution in [0.15, 0.2) is 73.2 Å². The highest BCUT2D eigenvalue weighted by Gasteiger charge is 2.19. The summed E-state index contributed by atoms with van der Waals surface area (Å²) < 4.78 is 28.7. The first-order valence-electron chi connectivity index (χ1n) is 10.1. The Kier molecular flexibility index (Phi) is 6.24. The van der Waals surface area contributed by atoms with Gasteiger partial charge in [0.05, 0.1) is 11.9 Å². The van der Waals surface area contributed by atoms with Gasteiger partial charge >= 0.3 is 10.1 Å². The number of carbonyl (C=O) groups excluding carboxylic acids is 1. The Morgan fingerprint density at radius 1 is 1.00 bits per heavy atom. The fraction of sp³-hybridized carbons (Fsp3) is 0.0833. The van der Waals surface area contributed by atoms with Gasteiger partial charge in [0.25, 0.3) is 0 Å². The third-order valence-electron chi connectivity index (χ3n) is 4.98. The van der Waals surface area contributed by atoms with E-state index >= 15 is 0 Å². The summed E-state index contributed by atoms with van der Waals surface area (Å²) in [7, 11) is -3.78. The molecular weight excluding hydrogens is 454 g/mol. The second-order valence-electron chi connectivity index (χ2n) is 7.47. The summed E-state index contributed by atoms with van der Waals surface area (Å²) in [5.41, 5.74) is 9.68. The van der Waals surface area contributed by atoms with Crippen molar-refractivity contribution in [2.45, 2.75) is 6.92 Å². The molecule has 0 aliphatic carbocycles. The minimum absolute atomic E-state index is 0.109. The molecule has 0 aliphatic rings. The van der Waals surface area contributed by atoms with Crippen molar-refractivity contribution in [2.75, 3.05) is 11.6 Å². The molecule has 10 heteroatoms. The summed E-state index contributed by atoms with van der Waals surface area (Å²) in [6, 6.07) is 15.5. The highest BCUT2D eigenvalue weighted by atomic mass is 32.2. The molecule has 172 valence electrons. The van der Waals surface area contributed by atoms with E-state index in [0.717, 1.165) is 17.5 Å². The molecule has 0 bridgehead atoms. The Hall–Kier alpha value is -4.31. The van der Waals surface area contributed by atoms with E-state index < -0.39 is 16.0 Å². The molecule has 4 aromatic rings. The van der Waals surface area contributed by atoms with E-state index in [2.05, 4.69) is 20.3 Å². The van der Waals surface area contributed by atoms with Crippen molar-refractivity contribution in [1.29, 1.82) is 0 Å². The van der Waals surface area contributed by atoms with Crippen molar-refractivity contribution in [1.82, 2.24) is 15.0 Å². The van der Waals surface area contributed by atoms with Crippen LogP contribution >= 0.6 is 0 Å². The number of carbonyl (C=O) groups is 1. The van der Waals surface area contributed by atoms with E-state index in [-0.39, 0.29) is 11.3 Å². The average molecular weight is 476 g/mol. The fourth-order valence-electron chi connectivity index (χ4n) is 3.49. The third-order valence-corrected chi connectivity index (χ3v) is 5.46. The largest absolute Gasteiger partial charge is 0.382 e. The van der Waals surface area contributed by atoms with Crippen molar-refractivity contribution in [2.24, 2.45) is 5.73 Å². The number of hydrogen-bond donors (Lipinski definition) is 2. The lowest BCUT2D eigenvalue weighted by Gasteiger charge is -2.15. The van der Waals surface area contributed by atoms with E-state index in [1.54, 1.807) is 55.8 Å². The first-order valence-corrected chi connectivity index (χ1v) is 12.0. The molecule has 2 aromatic carbocycles. The van der Waals surface area contributed by atoms with Crippen LogP contribution in [0, 0.1) is 6.92 Å². The van der Waals surface area contributed by atoms with Crippen molar-refractivity contribution in [3.63, 3.8) is 0 Å². The molecule has 0 aliphatic heterocycles. The Balaban J connectivity index is 1.66. The quantitative estimate of drug-likeness (QED) is 0.386. The van der Waals surface area contributed by atoms with Gasteiger partial charge in [-0.15, -0.1) is 0 Å². The number of primary amides is 1. The van der Waals surface area contributed by atoms with Crippen molar-refractivity contribution < 1.29 is 17.4 Å². The minimum Gasteiger partial charge on any atom is -0.382 e. The van der Waals surface area contributed by atoms with Gasteiger partial charge in [0.1, 0.15) is 0 Å². The molecular formula is C24H21N5O4S. The Labute approximate surface area is 196 Å². The van der Waals surface area contributed by atoms with Gasteiger partial charge in [-0.05, 0) is 60.5 Å². The van der Waals surface area contributed by atoms with Gasteiger partial charge in [0.15, 0.2) is 5.75 Å². The van der Waals surface area contributed by atoms with E-state index in [0.29, 0.717) is 28.3 Å². The van der Waals surface area contributed by atoms with E-state index in [4.69, 9.17) is 9.92 Å². The zero-order chi connectivity index (χ0) is 24.3. The molecule has 34 heavy (non-hydrogen) atoms. The zero-order valence-electron chi connectivity index (χ0n) is 18.4. The van der Waals surface area contributed by atoms with Crippen LogP contribution in [0.3, 0.4) is 0 Å². The molecule has 9 nitrogen and oxygen atoms in total. The van der Waals surface area contributed by atoms with Crippen LogP contribution in [-0.4, -0.2) is 35.5 Å². The molecule has 0 fully saturated rings. The number of hydrogen-bond acceptors (Lipinski definition) is 8. The monoisotopic (exact) mass is 475 g/mol. The number of nitrogens with zero attached hydrogens (tertiary/aromatic N) is 3. The maximum Gasteiger partial charge on any atom is 0.306 e. The van der Waals surface area contributed by atoms with Crippen molar-refractivity contribution >= 4 is 27.7 Å². The lowest BCUT2D eigenvalue weighted by Crippen LogP contribution is -2.14. The number of amides is 1.